The third-order valence-electron chi connectivity index (χ3n) is 5.80. The Morgan fingerprint density at radius 2 is 1.89 bits per heavy atom. The maximum absolute atomic E-state index is 12.7. The zero-order valence-corrected chi connectivity index (χ0v) is 16.5. The number of rotatable bonds is 2. The highest BCUT2D eigenvalue weighted by atomic mass is 35.5. The highest BCUT2D eigenvalue weighted by Crippen LogP contribution is 2.45. The molecule has 0 aromatic heterocycles. The molecule has 0 radical (unpaired) electrons. The number of benzene rings is 2. The largest absolute Gasteiger partial charge is 0.449 e. The van der Waals surface area contributed by atoms with Gasteiger partial charge in [-0.15, -0.1) is 0 Å². The Balaban J connectivity index is 1.80. The Morgan fingerprint density at radius 3 is 2.61 bits per heavy atom. The lowest BCUT2D eigenvalue weighted by molar-refractivity contribution is -0.147. The number of aryl methyl sites for hydroxylation is 1. The highest BCUT2D eigenvalue weighted by Gasteiger charge is 2.47. The van der Waals surface area contributed by atoms with Crippen molar-refractivity contribution in [3.8, 4) is 17.2 Å². The molecular weight excluding hydrogens is 372 g/mol. The summed E-state index contributed by atoms with van der Waals surface area (Å²) in [7, 11) is 0. The molecule has 1 heterocycles. The van der Waals surface area contributed by atoms with E-state index >= 15 is 0 Å². The summed E-state index contributed by atoms with van der Waals surface area (Å²) in [5.41, 5.74) is 10.7. The Labute approximate surface area is 169 Å². The van der Waals surface area contributed by atoms with Crippen LogP contribution in [0.25, 0.3) is 16.7 Å². The van der Waals surface area contributed by atoms with E-state index in [-0.39, 0.29) is 5.97 Å². The molecule has 0 unspecified atom stereocenters. The van der Waals surface area contributed by atoms with Gasteiger partial charge < -0.3 is 10.5 Å². The van der Waals surface area contributed by atoms with Gasteiger partial charge in [-0.3, -0.25) is 0 Å². The molecule has 2 N–H and O–H groups in total. The van der Waals surface area contributed by atoms with E-state index in [1.54, 1.807) is 18.2 Å². The molecule has 4 nitrogen and oxygen atoms in total. The predicted octanol–water partition coefficient (Wildman–Crippen LogP) is 5.12. The van der Waals surface area contributed by atoms with Gasteiger partial charge in [-0.05, 0) is 73.6 Å². The first-order valence-electron chi connectivity index (χ1n) is 9.50. The molecule has 1 spiro atoms. The molecule has 4 rings (SSSR count). The third-order valence-corrected chi connectivity index (χ3v) is 6.11. The monoisotopic (exact) mass is 392 g/mol. The van der Waals surface area contributed by atoms with Gasteiger partial charge >= 0.3 is 5.97 Å². The summed E-state index contributed by atoms with van der Waals surface area (Å²) in [5, 5.41) is 9.65. The second-order valence-electron chi connectivity index (χ2n) is 7.57. The van der Waals surface area contributed by atoms with Crippen molar-refractivity contribution in [2.75, 3.05) is 0 Å². The van der Waals surface area contributed by atoms with Gasteiger partial charge in [0, 0.05) is 10.6 Å². The smallest absolute Gasteiger partial charge is 0.341 e. The number of esters is 1. The minimum Gasteiger partial charge on any atom is -0.449 e. The average Bonchev–Trinajstić information content (AvgIpc) is 2.93. The minimum absolute atomic E-state index is 0.363. The molecule has 142 valence electrons. The van der Waals surface area contributed by atoms with E-state index in [2.05, 4.69) is 6.07 Å². The van der Waals surface area contributed by atoms with Crippen LogP contribution in [0.1, 0.15) is 48.8 Å². The second-order valence-corrected chi connectivity index (χ2v) is 7.98. The Hall–Kier alpha value is -2.77. The van der Waals surface area contributed by atoms with E-state index in [9.17, 15) is 4.79 Å². The van der Waals surface area contributed by atoms with Crippen molar-refractivity contribution >= 4 is 23.1 Å². The van der Waals surface area contributed by atoms with Crippen molar-refractivity contribution in [3.05, 3.63) is 63.8 Å². The molecule has 0 atom stereocenters. The summed E-state index contributed by atoms with van der Waals surface area (Å²) < 4.78 is 5.79. The molecule has 28 heavy (non-hydrogen) atoms. The molecular formula is C23H21ClN2O2. The van der Waals surface area contributed by atoms with Gasteiger partial charge in [-0.25, -0.2) is 4.79 Å². The summed E-state index contributed by atoms with van der Waals surface area (Å²) in [6.07, 6.45) is 4.72. The lowest BCUT2D eigenvalue weighted by Gasteiger charge is -2.32. The summed E-state index contributed by atoms with van der Waals surface area (Å²) in [6.45, 7) is 1.93. The molecule has 1 aliphatic heterocycles. The van der Waals surface area contributed by atoms with E-state index in [0.29, 0.717) is 21.9 Å². The molecule has 5 heteroatoms. The number of carbonyl (C=O) groups is 1. The first-order valence-corrected chi connectivity index (χ1v) is 9.87. The van der Waals surface area contributed by atoms with E-state index in [1.807, 2.05) is 25.1 Å². The SMILES string of the molecule is Cc1cc(-c2cccc(C#N)c2)c(Cl)cc1C1=C(N)C2(CCCCC2)OC1=O. The van der Waals surface area contributed by atoms with Crippen molar-refractivity contribution in [2.24, 2.45) is 5.73 Å². The molecule has 2 aromatic carbocycles. The number of ether oxygens (including phenoxy) is 1. The molecule has 0 saturated heterocycles. The van der Waals surface area contributed by atoms with Crippen LogP contribution in [0.3, 0.4) is 0 Å². The number of halogens is 1. The lowest BCUT2D eigenvalue weighted by Crippen LogP contribution is -2.37. The second kappa shape index (κ2) is 7.00. The Kier molecular flexibility index (Phi) is 4.64. The molecule has 2 aliphatic rings. The van der Waals surface area contributed by atoms with Crippen LogP contribution in [-0.4, -0.2) is 11.6 Å². The van der Waals surface area contributed by atoms with Gasteiger partial charge in [0.15, 0.2) is 5.60 Å². The quantitative estimate of drug-likeness (QED) is 0.720. The topological polar surface area (TPSA) is 76.1 Å². The highest BCUT2D eigenvalue weighted by molar-refractivity contribution is 6.34. The maximum atomic E-state index is 12.7. The van der Waals surface area contributed by atoms with Crippen LogP contribution in [0, 0.1) is 18.3 Å². The fourth-order valence-electron chi connectivity index (χ4n) is 4.30. The lowest BCUT2D eigenvalue weighted by atomic mass is 9.81. The first-order chi connectivity index (χ1) is 13.4. The Bertz CT molecular complexity index is 1040. The molecule has 1 fully saturated rings. The van der Waals surface area contributed by atoms with Crippen molar-refractivity contribution in [1.82, 2.24) is 0 Å². The molecule has 0 bridgehead atoms. The van der Waals surface area contributed by atoms with Gasteiger partial charge in [-0.1, -0.05) is 30.2 Å². The number of hydrogen-bond acceptors (Lipinski definition) is 4. The number of carbonyl (C=O) groups excluding carboxylic acids is 1. The zero-order valence-electron chi connectivity index (χ0n) is 15.7. The Morgan fingerprint density at radius 1 is 1.14 bits per heavy atom. The van der Waals surface area contributed by atoms with Crippen molar-refractivity contribution in [3.63, 3.8) is 0 Å². The van der Waals surface area contributed by atoms with Crippen LogP contribution in [0.2, 0.25) is 5.02 Å². The van der Waals surface area contributed by atoms with Crippen LogP contribution in [0.5, 0.6) is 0 Å². The molecule has 1 saturated carbocycles. The number of nitrogens with two attached hydrogens (primary N) is 1. The number of nitrogens with zero attached hydrogens (tertiary/aromatic N) is 1. The zero-order chi connectivity index (χ0) is 19.9. The van der Waals surface area contributed by atoms with Gasteiger partial charge in [0.2, 0.25) is 0 Å². The summed E-state index contributed by atoms with van der Waals surface area (Å²) >= 11 is 6.58. The summed E-state index contributed by atoms with van der Waals surface area (Å²) in [6, 6.07) is 13.2. The molecule has 1 aliphatic carbocycles. The van der Waals surface area contributed by atoms with Crippen LogP contribution >= 0.6 is 11.6 Å². The van der Waals surface area contributed by atoms with E-state index < -0.39 is 5.60 Å². The van der Waals surface area contributed by atoms with Crippen molar-refractivity contribution in [2.45, 2.75) is 44.6 Å². The van der Waals surface area contributed by atoms with Gasteiger partial charge in [0.1, 0.15) is 0 Å². The van der Waals surface area contributed by atoms with E-state index in [4.69, 9.17) is 27.3 Å². The van der Waals surface area contributed by atoms with Crippen LogP contribution < -0.4 is 5.73 Å². The van der Waals surface area contributed by atoms with E-state index in [0.717, 1.165) is 54.4 Å². The van der Waals surface area contributed by atoms with Gasteiger partial charge in [-0.2, -0.15) is 5.26 Å². The van der Waals surface area contributed by atoms with E-state index in [1.165, 1.54) is 0 Å². The van der Waals surface area contributed by atoms with Crippen molar-refractivity contribution in [1.29, 1.82) is 5.26 Å². The minimum atomic E-state index is -0.649. The summed E-state index contributed by atoms with van der Waals surface area (Å²) in [5.74, 6) is -0.363. The third kappa shape index (κ3) is 2.96. The fraction of sp³-hybridized carbons (Fsp3) is 0.304. The molecule has 0 amide bonds. The normalized spacial score (nSPS) is 18.2. The fourth-order valence-corrected chi connectivity index (χ4v) is 4.57. The average molecular weight is 393 g/mol. The van der Waals surface area contributed by atoms with Crippen LogP contribution in [-0.2, 0) is 9.53 Å². The standard InChI is InChI=1S/C23H21ClN2O2/c1-14-10-18(16-7-5-6-15(11-16)13-25)19(24)12-17(14)20-21(26)23(28-22(20)27)8-3-2-4-9-23/h5-7,10-12H,2-4,8-9,26H2,1H3. The summed E-state index contributed by atoms with van der Waals surface area (Å²) in [4.78, 5) is 12.7. The van der Waals surface area contributed by atoms with Crippen LogP contribution in [0.15, 0.2) is 42.1 Å². The molecule has 2 aromatic rings. The van der Waals surface area contributed by atoms with Gasteiger partial charge in [0.05, 0.1) is 22.9 Å². The maximum Gasteiger partial charge on any atom is 0.341 e. The predicted molar refractivity (Wildman–Crippen MR) is 109 cm³/mol. The van der Waals surface area contributed by atoms with Crippen molar-refractivity contribution < 1.29 is 9.53 Å². The number of hydrogen-bond donors (Lipinski definition) is 1. The number of nitriles is 1. The van der Waals surface area contributed by atoms with Gasteiger partial charge in [0.25, 0.3) is 0 Å². The first kappa shape index (κ1) is 18.6. The van der Waals surface area contributed by atoms with Crippen LogP contribution in [0.4, 0.5) is 0 Å².